The Morgan fingerprint density at radius 3 is 3.00 bits per heavy atom. The summed E-state index contributed by atoms with van der Waals surface area (Å²) in [6.07, 6.45) is 1.36. The van der Waals surface area contributed by atoms with E-state index in [1.54, 1.807) is 12.1 Å². The Kier molecular flexibility index (Phi) is 3.36. The lowest BCUT2D eigenvalue weighted by Crippen LogP contribution is -2.06. The van der Waals surface area contributed by atoms with Crippen LogP contribution in [0.5, 0.6) is 0 Å². The van der Waals surface area contributed by atoms with Gasteiger partial charge in [0.15, 0.2) is 12.2 Å². The number of benzene rings is 1. The van der Waals surface area contributed by atoms with Crippen molar-refractivity contribution in [2.45, 2.75) is 6.54 Å². The van der Waals surface area contributed by atoms with Crippen LogP contribution in [-0.2, 0) is 6.54 Å². The summed E-state index contributed by atoms with van der Waals surface area (Å²) in [5.41, 5.74) is 1.45. The fourth-order valence-electron chi connectivity index (χ4n) is 1.43. The quantitative estimate of drug-likeness (QED) is 0.942. The molecule has 0 aliphatic carbocycles. The molecule has 1 heterocycles. The minimum absolute atomic E-state index is 0.315. The van der Waals surface area contributed by atoms with Crippen molar-refractivity contribution in [3.05, 3.63) is 40.6 Å². The van der Waals surface area contributed by atoms with E-state index in [1.165, 1.54) is 12.5 Å². The van der Waals surface area contributed by atoms with E-state index in [0.29, 0.717) is 22.3 Å². The molecule has 0 saturated carbocycles. The smallest absolute Gasteiger partial charge is 0.181 e. The second kappa shape index (κ2) is 4.76. The van der Waals surface area contributed by atoms with Gasteiger partial charge in [0, 0.05) is 12.1 Å². The van der Waals surface area contributed by atoms with Crippen molar-refractivity contribution in [3.63, 3.8) is 0 Å². The van der Waals surface area contributed by atoms with Gasteiger partial charge in [-0.25, -0.2) is 9.37 Å². The van der Waals surface area contributed by atoms with Gasteiger partial charge in [0.25, 0.3) is 0 Å². The summed E-state index contributed by atoms with van der Waals surface area (Å²) in [5.74, 6) is 0.282. The summed E-state index contributed by atoms with van der Waals surface area (Å²) in [7, 11) is 1.82. The number of nitrogens with zero attached hydrogens (tertiary/aromatic N) is 1. The predicted molar refractivity (Wildman–Crippen MR) is 62.4 cm³/mol. The molecule has 1 aromatic carbocycles. The Labute approximate surface area is 101 Å². The van der Waals surface area contributed by atoms with Crippen LogP contribution in [0.25, 0.3) is 11.3 Å². The second-order valence-corrected chi connectivity index (χ2v) is 4.14. The number of nitrogens with one attached hydrogen (secondary N) is 1. The lowest BCUT2D eigenvalue weighted by Gasteiger charge is -2.01. The average Bonchev–Trinajstić information content (AvgIpc) is 2.71. The normalized spacial score (nSPS) is 10.7. The first-order valence-electron chi connectivity index (χ1n) is 4.74. The van der Waals surface area contributed by atoms with Crippen molar-refractivity contribution in [1.29, 1.82) is 0 Å². The molecule has 2 aromatic rings. The van der Waals surface area contributed by atoms with E-state index in [9.17, 15) is 4.39 Å². The molecule has 3 nitrogen and oxygen atoms in total. The van der Waals surface area contributed by atoms with E-state index in [0.717, 1.165) is 5.69 Å². The number of oxazole rings is 1. The molecule has 2 rings (SSSR count). The molecular weight excluding hydrogens is 275 g/mol. The Balaban J connectivity index is 2.42. The maximum Gasteiger partial charge on any atom is 0.181 e. The molecule has 0 atom stereocenters. The molecule has 1 N–H and O–H groups in total. The van der Waals surface area contributed by atoms with E-state index in [2.05, 4.69) is 26.2 Å². The van der Waals surface area contributed by atoms with E-state index in [1.807, 2.05) is 7.05 Å². The third kappa shape index (κ3) is 2.15. The highest BCUT2D eigenvalue weighted by atomic mass is 79.9. The van der Waals surface area contributed by atoms with Gasteiger partial charge in [-0.1, -0.05) is 0 Å². The Morgan fingerprint density at radius 1 is 1.50 bits per heavy atom. The molecule has 0 saturated heterocycles. The van der Waals surface area contributed by atoms with Crippen molar-refractivity contribution < 1.29 is 8.81 Å². The SMILES string of the molecule is CNCc1ncoc1-c1ccc(Br)c(F)c1. The number of aromatic nitrogens is 1. The molecule has 16 heavy (non-hydrogen) atoms. The van der Waals surface area contributed by atoms with Crippen molar-refractivity contribution in [3.8, 4) is 11.3 Å². The standard InChI is InChI=1S/C11H10BrFN2O/c1-14-5-10-11(16-6-15-10)7-2-3-8(12)9(13)4-7/h2-4,6,14H,5H2,1H3. The van der Waals surface area contributed by atoms with Crippen molar-refractivity contribution in [2.24, 2.45) is 0 Å². The summed E-state index contributed by atoms with van der Waals surface area (Å²) in [6, 6.07) is 4.85. The maximum absolute atomic E-state index is 13.4. The molecule has 0 aliphatic heterocycles. The summed E-state index contributed by atoms with van der Waals surface area (Å²) in [5, 5.41) is 2.98. The molecule has 0 aliphatic rings. The Morgan fingerprint density at radius 2 is 2.31 bits per heavy atom. The first kappa shape index (κ1) is 11.3. The molecule has 0 unspecified atom stereocenters. The highest BCUT2D eigenvalue weighted by molar-refractivity contribution is 9.10. The van der Waals surface area contributed by atoms with Gasteiger partial charge in [-0.05, 0) is 41.2 Å². The summed E-state index contributed by atoms with van der Waals surface area (Å²) < 4.78 is 19.1. The number of halogens is 2. The van der Waals surface area contributed by atoms with Crippen LogP contribution < -0.4 is 5.32 Å². The maximum atomic E-state index is 13.4. The van der Waals surface area contributed by atoms with Crippen LogP contribution in [0.1, 0.15) is 5.69 Å². The highest BCUT2D eigenvalue weighted by Crippen LogP contribution is 2.26. The van der Waals surface area contributed by atoms with E-state index >= 15 is 0 Å². The average molecular weight is 285 g/mol. The van der Waals surface area contributed by atoms with Gasteiger partial charge in [-0.3, -0.25) is 0 Å². The zero-order chi connectivity index (χ0) is 11.5. The molecule has 0 bridgehead atoms. The van der Waals surface area contributed by atoms with Gasteiger partial charge >= 0.3 is 0 Å². The lowest BCUT2D eigenvalue weighted by atomic mass is 10.1. The third-order valence-corrected chi connectivity index (χ3v) is 2.81. The molecule has 84 valence electrons. The fraction of sp³-hybridized carbons (Fsp3) is 0.182. The van der Waals surface area contributed by atoms with Gasteiger partial charge in [0.2, 0.25) is 0 Å². The minimum atomic E-state index is -0.315. The largest absolute Gasteiger partial charge is 0.443 e. The monoisotopic (exact) mass is 284 g/mol. The molecular formula is C11H10BrFN2O. The zero-order valence-electron chi connectivity index (χ0n) is 8.63. The van der Waals surface area contributed by atoms with Crippen molar-refractivity contribution >= 4 is 15.9 Å². The van der Waals surface area contributed by atoms with Crippen molar-refractivity contribution in [2.75, 3.05) is 7.05 Å². The van der Waals surface area contributed by atoms with Crippen LogP contribution in [0.2, 0.25) is 0 Å². The van der Waals surface area contributed by atoms with Gasteiger partial charge < -0.3 is 9.73 Å². The van der Waals surface area contributed by atoms with Crippen LogP contribution in [0.15, 0.2) is 33.5 Å². The first-order valence-corrected chi connectivity index (χ1v) is 5.54. The summed E-state index contributed by atoms with van der Waals surface area (Å²) >= 11 is 3.11. The van der Waals surface area contributed by atoms with Crippen LogP contribution in [0, 0.1) is 5.82 Å². The van der Waals surface area contributed by atoms with Crippen LogP contribution in [0.4, 0.5) is 4.39 Å². The first-order chi connectivity index (χ1) is 7.72. The van der Waals surface area contributed by atoms with E-state index in [4.69, 9.17) is 4.42 Å². The number of hydrogen-bond donors (Lipinski definition) is 1. The van der Waals surface area contributed by atoms with E-state index in [-0.39, 0.29) is 5.82 Å². The van der Waals surface area contributed by atoms with Crippen LogP contribution in [0.3, 0.4) is 0 Å². The molecule has 0 fully saturated rings. The molecule has 5 heteroatoms. The Bertz CT molecular complexity index is 498. The van der Waals surface area contributed by atoms with Gasteiger partial charge in [-0.15, -0.1) is 0 Å². The molecule has 1 aromatic heterocycles. The second-order valence-electron chi connectivity index (χ2n) is 3.29. The zero-order valence-corrected chi connectivity index (χ0v) is 10.2. The number of rotatable bonds is 3. The Hall–Kier alpha value is -1.20. The molecule has 0 spiro atoms. The molecule has 0 amide bonds. The van der Waals surface area contributed by atoms with E-state index < -0.39 is 0 Å². The topological polar surface area (TPSA) is 38.1 Å². The summed E-state index contributed by atoms with van der Waals surface area (Å²) in [6.45, 7) is 0.587. The number of hydrogen-bond acceptors (Lipinski definition) is 3. The minimum Gasteiger partial charge on any atom is -0.443 e. The third-order valence-electron chi connectivity index (χ3n) is 2.17. The van der Waals surface area contributed by atoms with Crippen LogP contribution in [-0.4, -0.2) is 12.0 Å². The summed E-state index contributed by atoms with van der Waals surface area (Å²) in [4.78, 5) is 4.07. The fourth-order valence-corrected chi connectivity index (χ4v) is 1.68. The molecule has 0 radical (unpaired) electrons. The van der Waals surface area contributed by atoms with Crippen LogP contribution >= 0.6 is 15.9 Å². The highest BCUT2D eigenvalue weighted by Gasteiger charge is 2.11. The lowest BCUT2D eigenvalue weighted by molar-refractivity contribution is 0.568. The van der Waals surface area contributed by atoms with Gasteiger partial charge in [-0.2, -0.15) is 0 Å². The van der Waals surface area contributed by atoms with Gasteiger partial charge in [0.1, 0.15) is 11.5 Å². The van der Waals surface area contributed by atoms with Gasteiger partial charge in [0.05, 0.1) is 4.47 Å². The van der Waals surface area contributed by atoms with Crippen molar-refractivity contribution in [1.82, 2.24) is 10.3 Å². The predicted octanol–water partition coefficient (Wildman–Crippen LogP) is 2.96.